The van der Waals surface area contributed by atoms with E-state index in [2.05, 4.69) is 74.6 Å². The predicted octanol–water partition coefficient (Wildman–Crippen LogP) is 15.6. The van der Waals surface area contributed by atoms with Crippen molar-refractivity contribution in [3.8, 4) is 0 Å². The van der Waals surface area contributed by atoms with Gasteiger partial charge >= 0.3 is 19.8 Å². The van der Waals surface area contributed by atoms with Crippen LogP contribution in [0.15, 0.2) is 60.8 Å². The third kappa shape index (κ3) is 49.2. The van der Waals surface area contributed by atoms with E-state index >= 15 is 0 Å². The monoisotopic (exact) mass is 921 g/mol. The summed E-state index contributed by atoms with van der Waals surface area (Å²) in [6, 6.07) is 0. The lowest BCUT2D eigenvalue weighted by molar-refractivity contribution is -0.870. The summed E-state index contributed by atoms with van der Waals surface area (Å²) in [7, 11) is 1.46. The summed E-state index contributed by atoms with van der Waals surface area (Å²) in [5.41, 5.74) is 0. The molecule has 0 heterocycles. The first-order valence-electron chi connectivity index (χ1n) is 26.0. The molecule has 0 saturated heterocycles. The minimum atomic E-state index is -4.39. The van der Waals surface area contributed by atoms with Crippen molar-refractivity contribution >= 4 is 19.8 Å². The Kier molecular flexibility index (Phi) is 44.2. The third-order valence-electron chi connectivity index (χ3n) is 11.0. The van der Waals surface area contributed by atoms with E-state index < -0.39 is 32.5 Å². The van der Waals surface area contributed by atoms with Crippen molar-refractivity contribution in [2.24, 2.45) is 0 Å². The molecule has 0 aliphatic heterocycles. The summed E-state index contributed by atoms with van der Waals surface area (Å²) in [5, 5.41) is 0. The molecule has 0 radical (unpaired) electrons. The van der Waals surface area contributed by atoms with Crippen LogP contribution >= 0.6 is 7.82 Å². The van der Waals surface area contributed by atoms with Gasteiger partial charge in [0.2, 0.25) is 0 Å². The number of hydrogen-bond acceptors (Lipinski definition) is 7. The quantitative estimate of drug-likeness (QED) is 0.0211. The average molecular weight is 921 g/mol. The molecule has 2 atom stereocenters. The summed E-state index contributed by atoms with van der Waals surface area (Å²) in [4.78, 5) is 35.6. The molecule has 10 heteroatoms. The van der Waals surface area contributed by atoms with E-state index in [0.29, 0.717) is 23.9 Å². The zero-order valence-electron chi connectivity index (χ0n) is 42.0. The van der Waals surface area contributed by atoms with Gasteiger partial charge in [-0.15, -0.1) is 0 Å². The molecular weight excluding hydrogens is 822 g/mol. The highest BCUT2D eigenvalue weighted by atomic mass is 31.2. The van der Waals surface area contributed by atoms with Crippen LogP contribution in [0.25, 0.3) is 0 Å². The Morgan fingerprint density at radius 3 is 1.31 bits per heavy atom. The molecule has 1 unspecified atom stereocenters. The molecule has 0 aliphatic rings. The number of hydrogen-bond donors (Lipinski definition) is 1. The van der Waals surface area contributed by atoms with Crippen molar-refractivity contribution < 1.29 is 42.1 Å². The maximum absolute atomic E-state index is 12.8. The Hall–Kier alpha value is -2.29. The average Bonchev–Trinajstić information content (AvgIpc) is 3.25. The molecule has 0 bridgehead atoms. The molecule has 0 fully saturated rings. The number of phosphoric ester groups is 1. The van der Waals surface area contributed by atoms with Gasteiger partial charge in [-0.25, -0.2) is 4.57 Å². The molecule has 0 aromatic carbocycles. The number of quaternary nitrogens is 1. The Balaban J connectivity index is 4.31. The summed E-state index contributed by atoms with van der Waals surface area (Å²) >= 11 is 0. The van der Waals surface area contributed by atoms with Gasteiger partial charge in [0.1, 0.15) is 19.8 Å². The van der Waals surface area contributed by atoms with Crippen molar-refractivity contribution in [1.29, 1.82) is 0 Å². The highest BCUT2D eigenvalue weighted by molar-refractivity contribution is 7.47. The van der Waals surface area contributed by atoms with Crippen LogP contribution in [-0.2, 0) is 32.7 Å². The summed E-state index contributed by atoms with van der Waals surface area (Å²) in [5.74, 6) is -0.833. The lowest BCUT2D eigenvalue weighted by Crippen LogP contribution is -2.37. The first-order valence-corrected chi connectivity index (χ1v) is 27.5. The topological polar surface area (TPSA) is 108 Å². The van der Waals surface area contributed by atoms with Crippen LogP contribution in [0.3, 0.4) is 0 Å². The van der Waals surface area contributed by atoms with Crippen LogP contribution in [0.5, 0.6) is 0 Å². The summed E-state index contributed by atoms with van der Waals surface area (Å²) in [6.07, 6.45) is 57.0. The van der Waals surface area contributed by atoms with E-state index in [1.54, 1.807) is 0 Å². The second-order valence-corrected chi connectivity index (χ2v) is 20.0. The van der Waals surface area contributed by atoms with E-state index in [9.17, 15) is 19.0 Å². The van der Waals surface area contributed by atoms with Gasteiger partial charge in [-0.3, -0.25) is 18.6 Å². The van der Waals surface area contributed by atoms with Crippen molar-refractivity contribution in [3.05, 3.63) is 60.8 Å². The number of carbonyl (C=O) groups is 2. The van der Waals surface area contributed by atoms with Crippen LogP contribution < -0.4 is 0 Å². The molecule has 64 heavy (non-hydrogen) atoms. The molecule has 0 rings (SSSR count). The number of carbonyl (C=O) groups excluding carboxylic acids is 2. The normalized spacial score (nSPS) is 13.9. The summed E-state index contributed by atoms with van der Waals surface area (Å²) in [6.45, 7) is 4.37. The molecule has 1 N–H and O–H groups in total. The number of allylic oxidation sites excluding steroid dienone is 10. The standard InChI is InChI=1S/C54H98NO8P/c1-6-8-10-12-14-16-18-20-22-24-26-27-29-31-33-35-37-39-41-43-45-47-54(57)63-52(51-62-64(58,59)61-49-48-55(3,4)5)50-60-53(56)46-44-42-40-38-36-34-32-30-28-25-23-21-19-17-15-13-11-9-7-2/h15,17,20-23,28,30,34,36,52H,6-14,16,18-19,24-27,29,31-33,35,37-51H2,1-5H3/p+1/b17-15-,22-20-,23-21-,30-28-,36-34-/t52-/m1/s1. The Morgan fingerprint density at radius 1 is 0.484 bits per heavy atom. The zero-order chi connectivity index (χ0) is 47.1. The molecule has 0 aromatic rings. The lowest BCUT2D eigenvalue weighted by atomic mass is 10.0. The van der Waals surface area contributed by atoms with Gasteiger partial charge in [-0.05, 0) is 83.5 Å². The molecular formula is C54H99NO8P+. The van der Waals surface area contributed by atoms with Gasteiger partial charge in [-0.1, -0.05) is 184 Å². The number of unbranched alkanes of at least 4 members (excludes halogenated alkanes) is 23. The van der Waals surface area contributed by atoms with Crippen LogP contribution in [0.1, 0.15) is 219 Å². The van der Waals surface area contributed by atoms with Crippen molar-refractivity contribution in [3.63, 3.8) is 0 Å². The number of phosphoric acid groups is 1. The van der Waals surface area contributed by atoms with Crippen molar-refractivity contribution in [2.45, 2.75) is 225 Å². The smallest absolute Gasteiger partial charge is 0.462 e. The second-order valence-electron chi connectivity index (χ2n) is 18.5. The van der Waals surface area contributed by atoms with Gasteiger partial charge in [0.25, 0.3) is 0 Å². The van der Waals surface area contributed by atoms with Crippen molar-refractivity contribution in [2.75, 3.05) is 47.5 Å². The molecule has 0 aromatic heterocycles. The molecule has 0 amide bonds. The van der Waals surface area contributed by atoms with E-state index in [4.69, 9.17) is 18.5 Å². The highest BCUT2D eigenvalue weighted by Crippen LogP contribution is 2.43. The van der Waals surface area contributed by atoms with E-state index in [1.807, 2.05) is 21.1 Å². The minimum Gasteiger partial charge on any atom is -0.462 e. The second kappa shape index (κ2) is 45.8. The van der Waals surface area contributed by atoms with Crippen LogP contribution in [0, 0.1) is 0 Å². The fourth-order valence-corrected chi connectivity index (χ4v) is 7.68. The van der Waals surface area contributed by atoms with Crippen molar-refractivity contribution in [1.82, 2.24) is 0 Å². The maximum Gasteiger partial charge on any atom is 0.472 e. The Morgan fingerprint density at radius 2 is 0.844 bits per heavy atom. The van der Waals surface area contributed by atoms with Gasteiger partial charge < -0.3 is 18.9 Å². The first kappa shape index (κ1) is 61.7. The van der Waals surface area contributed by atoms with Gasteiger partial charge in [0.15, 0.2) is 6.10 Å². The van der Waals surface area contributed by atoms with Crippen LogP contribution in [-0.4, -0.2) is 74.9 Å². The van der Waals surface area contributed by atoms with E-state index in [0.717, 1.165) is 57.8 Å². The fourth-order valence-electron chi connectivity index (χ4n) is 6.93. The van der Waals surface area contributed by atoms with Crippen LogP contribution in [0.4, 0.5) is 0 Å². The number of nitrogens with zero attached hydrogens (tertiary/aromatic N) is 1. The number of likely N-dealkylation sites (N-methyl/N-ethyl adjacent to an activating group) is 1. The maximum atomic E-state index is 12.8. The molecule has 9 nitrogen and oxygen atoms in total. The zero-order valence-corrected chi connectivity index (χ0v) is 42.9. The Labute approximate surface area is 394 Å². The van der Waals surface area contributed by atoms with E-state index in [1.165, 1.54) is 122 Å². The number of esters is 2. The Bertz CT molecular complexity index is 1270. The number of rotatable bonds is 47. The van der Waals surface area contributed by atoms with Gasteiger partial charge in [0.05, 0.1) is 27.7 Å². The largest absolute Gasteiger partial charge is 0.472 e. The SMILES string of the molecule is CCCCC/C=C\C/C=C\C/C=C\C/C=C\CCCCCC(=O)OC[C@H](COP(=O)(O)OCC[N+](C)(C)C)OC(=O)CCCCCCCCCCCCC/C=C\CCCCCCCC. The lowest BCUT2D eigenvalue weighted by Gasteiger charge is -2.24. The first-order chi connectivity index (χ1) is 31.0. The molecule has 0 saturated carbocycles. The third-order valence-corrected chi connectivity index (χ3v) is 12.0. The highest BCUT2D eigenvalue weighted by Gasteiger charge is 2.27. The van der Waals surface area contributed by atoms with Crippen LogP contribution in [0.2, 0.25) is 0 Å². The van der Waals surface area contributed by atoms with E-state index in [-0.39, 0.29) is 26.1 Å². The molecule has 0 aliphatic carbocycles. The van der Waals surface area contributed by atoms with Gasteiger partial charge in [0, 0.05) is 12.8 Å². The fraction of sp³-hybridized carbons (Fsp3) is 0.778. The van der Waals surface area contributed by atoms with Gasteiger partial charge in [-0.2, -0.15) is 0 Å². The minimum absolute atomic E-state index is 0.0244. The molecule has 372 valence electrons. The molecule has 0 spiro atoms. The summed E-state index contributed by atoms with van der Waals surface area (Å²) < 4.78 is 34.4. The predicted molar refractivity (Wildman–Crippen MR) is 270 cm³/mol. The number of ether oxygens (including phenoxy) is 2.